The van der Waals surface area contributed by atoms with E-state index in [1.165, 1.54) is 0 Å². The Morgan fingerprint density at radius 2 is 2.04 bits per heavy atom. The average molecular weight is 383 g/mol. The number of hydrogen-bond donors (Lipinski definition) is 1. The minimum atomic E-state index is -0.914. The average Bonchev–Trinajstić information content (AvgIpc) is 3.32. The fourth-order valence-corrected chi connectivity index (χ4v) is 4.63. The van der Waals surface area contributed by atoms with Crippen LogP contribution in [0, 0.1) is 0 Å². The van der Waals surface area contributed by atoms with Crippen molar-refractivity contribution in [3.63, 3.8) is 0 Å². The zero-order chi connectivity index (χ0) is 19.7. The van der Waals surface area contributed by atoms with Gasteiger partial charge in [0, 0.05) is 37.2 Å². The quantitative estimate of drug-likeness (QED) is 0.780. The Labute approximate surface area is 165 Å². The van der Waals surface area contributed by atoms with Crippen LogP contribution in [-0.4, -0.2) is 53.1 Å². The number of carbonyl (C=O) groups excluding carboxylic acids is 2. The number of methoxy groups -OCH3 is 1. The molecule has 2 heterocycles. The summed E-state index contributed by atoms with van der Waals surface area (Å²) >= 11 is 0. The molecule has 1 N–H and O–H groups in total. The van der Waals surface area contributed by atoms with E-state index in [-0.39, 0.29) is 17.9 Å². The summed E-state index contributed by atoms with van der Waals surface area (Å²) in [5.41, 5.74) is 0.745. The van der Waals surface area contributed by atoms with Gasteiger partial charge in [-0.1, -0.05) is 31.0 Å². The van der Waals surface area contributed by atoms with Gasteiger partial charge >= 0.3 is 0 Å². The van der Waals surface area contributed by atoms with E-state index >= 15 is 0 Å². The van der Waals surface area contributed by atoms with Crippen LogP contribution in [0.1, 0.15) is 49.5 Å². The van der Waals surface area contributed by atoms with Gasteiger partial charge in [0.05, 0.1) is 6.54 Å². The lowest BCUT2D eigenvalue weighted by Gasteiger charge is -2.44. The summed E-state index contributed by atoms with van der Waals surface area (Å²) in [6, 6.07) is 10.1. The second-order valence-electron chi connectivity index (χ2n) is 8.21. The maximum absolute atomic E-state index is 13.4. The number of ether oxygens (including phenoxy) is 1. The van der Waals surface area contributed by atoms with Crippen LogP contribution in [0.2, 0.25) is 0 Å². The number of rotatable bonds is 6. The van der Waals surface area contributed by atoms with Crippen LogP contribution in [0.3, 0.4) is 0 Å². The Balaban J connectivity index is 1.70. The molecule has 6 nitrogen and oxygen atoms in total. The molecular weight excluding hydrogens is 354 g/mol. The summed E-state index contributed by atoms with van der Waals surface area (Å²) in [7, 11) is 1.65. The number of nitrogens with one attached hydrogen (secondary N) is 1. The summed E-state index contributed by atoms with van der Waals surface area (Å²) in [6.07, 6.45) is 5.07. The van der Waals surface area contributed by atoms with Crippen molar-refractivity contribution in [2.45, 2.75) is 57.2 Å². The molecule has 0 radical (unpaired) electrons. The molecule has 150 valence electrons. The molecule has 1 aliphatic heterocycles. The Hall–Kier alpha value is -2.34. The highest BCUT2D eigenvalue weighted by molar-refractivity contribution is 6.03. The lowest BCUT2D eigenvalue weighted by atomic mass is 9.94. The smallest absolute Gasteiger partial charge is 0.271 e. The summed E-state index contributed by atoms with van der Waals surface area (Å²) in [5, 5.41) is 4.25. The third-order valence-corrected chi connectivity index (χ3v) is 6.25. The van der Waals surface area contributed by atoms with Crippen LogP contribution in [0.15, 0.2) is 30.3 Å². The van der Waals surface area contributed by atoms with Gasteiger partial charge in [-0.3, -0.25) is 9.59 Å². The maximum atomic E-state index is 13.4. The van der Waals surface area contributed by atoms with E-state index in [0.717, 1.165) is 36.6 Å². The molecule has 1 aromatic heterocycles. The molecule has 28 heavy (non-hydrogen) atoms. The van der Waals surface area contributed by atoms with Crippen molar-refractivity contribution >= 4 is 22.7 Å². The van der Waals surface area contributed by atoms with E-state index in [1.54, 1.807) is 12.0 Å². The van der Waals surface area contributed by atoms with Gasteiger partial charge < -0.3 is 19.5 Å². The van der Waals surface area contributed by atoms with Crippen molar-refractivity contribution in [2.24, 2.45) is 0 Å². The Morgan fingerprint density at radius 1 is 1.29 bits per heavy atom. The third kappa shape index (κ3) is 3.20. The minimum Gasteiger partial charge on any atom is -0.385 e. The number of hydrogen-bond acceptors (Lipinski definition) is 3. The number of aromatic nitrogens is 1. The molecule has 0 spiro atoms. The van der Waals surface area contributed by atoms with Crippen LogP contribution in [0.4, 0.5) is 0 Å². The van der Waals surface area contributed by atoms with Crippen molar-refractivity contribution in [1.82, 2.24) is 14.8 Å². The molecule has 4 rings (SSSR count). The zero-order valence-electron chi connectivity index (χ0n) is 16.7. The highest BCUT2D eigenvalue weighted by atomic mass is 16.5. The standard InChI is InChI=1S/C22H29N3O3/c1-22(21(27)23-17-9-4-5-10-17)15-24-18-11-6-3-8-16(18)14-19(24)20(26)25(22)12-7-13-28-2/h3,6,8,11,14,17H,4-5,7,9-10,12-13,15H2,1-2H3,(H,23,27)/t22-/m0/s1. The normalized spacial score (nSPS) is 22.6. The molecule has 2 aliphatic rings. The molecule has 1 atom stereocenters. The first-order valence-electron chi connectivity index (χ1n) is 10.2. The molecule has 0 bridgehead atoms. The number of para-hydroxylation sites is 1. The molecule has 1 fully saturated rings. The number of benzene rings is 1. The Bertz CT molecular complexity index is 884. The predicted molar refractivity (Wildman–Crippen MR) is 108 cm³/mol. The molecule has 0 unspecified atom stereocenters. The number of amides is 2. The lowest BCUT2D eigenvalue weighted by Crippen LogP contribution is -2.65. The summed E-state index contributed by atoms with van der Waals surface area (Å²) in [6.45, 7) is 3.43. The second kappa shape index (κ2) is 7.59. The van der Waals surface area contributed by atoms with Gasteiger partial charge in [-0.15, -0.1) is 0 Å². The SMILES string of the molecule is COCCCN1C(=O)c2cc3ccccc3n2C[C@@]1(C)C(=O)NC1CCCC1. The van der Waals surface area contributed by atoms with Crippen molar-refractivity contribution in [3.8, 4) is 0 Å². The van der Waals surface area contributed by atoms with Gasteiger partial charge in [-0.05, 0) is 38.3 Å². The molecule has 1 saturated carbocycles. The third-order valence-electron chi connectivity index (χ3n) is 6.25. The molecule has 6 heteroatoms. The van der Waals surface area contributed by atoms with E-state index in [4.69, 9.17) is 4.74 Å². The van der Waals surface area contributed by atoms with Gasteiger partial charge in [0.2, 0.25) is 5.91 Å². The second-order valence-corrected chi connectivity index (χ2v) is 8.21. The number of fused-ring (bicyclic) bond motifs is 3. The van der Waals surface area contributed by atoms with E-state index in [0.29, 0.717) is 31.8 Å². The van der Waals surface area contributed by atoms with E-state index in [9.17, 15) is 9.59 Å². The molecular formula is C22H29N3O3. The first-order valence-corrected chi connectivity index (χ1v) is 10.2. The van der Waals surface area contributed by atoms with Crippen molar-refractivity contribution in [2.75, 3.05) is 20.3 Å². The highest BCUT2D eigenvalue weighted by Crippen LogP contribution is 2.33. The van der Waals surface area contributed by atoms with E-state index < -0.39 is 5.54 Å². The van der Waals surface area contributed by atoms with Gasteiger partial charge in [-0.2, -0.15) is 0 Å². The van der Waals surface area contributed by atoms with Crippen molar-refractivity contribution < 1.29 is 14.3 Å². The summed E-state index contributed by atoms with van der Waals surface area (Å²) in [5.74, 6) is -0.128. The molecule has 2 aromatic rings. The van der Waals surface area contributed by atoms with Gasteiger partial charge in [0.15, 0.2) is 0 Å². The minimum absolute atomic E-state index is 0.0476. The van der Waals surface area contributed by atoms with Crippen LogP contribution >= 0.6 is 0 Å². The molecule has 2 amide bonds. The first kappa shape index (κ1) is 19.0. The fraction of sp³-hybridized carbons (Fsp3) is 0.545. The van der Waals surface area contributed by atoms with Crippen LogP contribution in [0.5, 0.6) is 0 Å². The molecule has 1 aromatic carbocycles. The largest absolute Gasteiger partial charge is 0.385 e. The van der Waals surface area contributed by atoms with Gasteiger partial charge in [0.25, 0.3) is 5.91 Å². The maximum Gasteiger partial charge on any atom is 0.271 e. The first-order chi connectivity index (χ1) is 13.5. The van der Waals surface area contributed by atoms with Crippen LogP contribution < -0.4 is 5.32 Å². The van der Waals surface area contributed by atoms with Crippen LogP contribution in [-0.2, 0) is 16.1 Å². The van der Waals surface area contributed by atoms with E-state index in [1.807, 2.05) is 41.8 Å². The van der Waals surface area contributed by atoms with Crippen molar-refractivity contribution in [3.05, 3.63) is 36.0 Å². The zero-order valence-corrected chi connectivity index (χ0v) is 16.7. The molecule has 0 saturated heterocycles. The van der Waals surface area contributed by atoms with Gasteiger partial charge in [0.1, 0.15) is 11.2 Å². The molecule has 1 aliphatic carbocycles. The van der Waals surface area contributed by atoms with Gasteiger partial charge in [-0.25, -0.2) is 0 Å². The fourth-order valence-electron chi connectivity index (χ4n) is 4.63. The van der Waals surface area contributed by atoms with E-state index in [2.05, 4.69) is 5.32 Å². The van der Waals surface area contributed by atoms with Crippen molar-refractivity contribution in [1.29, 1.82) is 0 Å². The predicted octanol–water partition coefficient (Wildman–Crippen LogP) is 2.95. The highest BCUT2D eigenvalue weighted by Gasteiger charge is 2.47. The van der Waals surface area contributed by atoms with Crippen LogP contribution in [0.25, 0.3) is 10.9 Å². The number of carbonyl (C=O) groups is 2. The summed E-state index contributed by atoms with van der Waals surface area (Å²) < 4.78 is 7.19. The topological polar surface area (TPSA) is 63.6 Å². The number of nitrogens with zero attached hydrogens (tertiary/aromatic N) is 2. The Morgan fingerprint density at radius 3 is 2.79 bits per heavy atom. The lowest BCUT2D eigenvalue weighted by molar-refractivity contribution is -0.133. The Kier molecular flexibility index (Phi) is 5.15. The monoisotopic (exact) mass is 383 g/mol. The summed E-state index contributed by atoms with van der Waals surface area (Å²) in [4.78, 5) is 28.6.